The van der Waals surface area contributed by atoms with E-state index in [-0.39, 0.29) is 35.2 Å². The lowest BCUT2D eigenvalue weighted by molar-refractivity contribution is 0.0960. The van der Waals surface area contributed by atoms with Gasteiger partial charge in [-0.2, -0.15) is 0 Å². The van der Waals surface area contributed by atoms with Crippen molar-refractivity contribution in [3.05, 3.63) is 181 Å². The van der Waals surface area contributed by atoms with Gasteiger partial charge in [-0.15, -0.1) is 11.3 Å². The molecular weight excluding hydrogens is 893 g/mol. The predicted octanol–water partition coefficient (Wildman–Crippen LogP) is 9.56. The fourth-order valence-corrected chi connectivity index (χ4v) is 10.4. The monoisotopic (exact) mass is 944 g/mol. The van der Waals surface area contributed by atoms with E-state index >= 15 is 17.6 Å². The SMILES string of the molecule is CC1(C)CN(c2cc(F)c(CCc3ccc(C(N)=O)cc3)c(F)c2)CCN1Cc1cccc(C(=O)Nc2sc3c(c2C(=O)Nc2cc(F)c(CCc4ccc(C(N)=O)cc4)c(F)c2)CCCC3)c1. The number of nitrogens with two attached hydrogens (primary N) is 2. The Balaban J connectivity index is 0.905. The molecule has 10 nitrogen and oxygen atoms in total. The van der Waals surface area contributed by atoms with E-state index in [1.54, 1.807) is 60.7 Å². The molecule has 0 unspecified atom stereocenters. The summed E-state index contributed by atoms with van der Waals surface area (Å²) in [6.07, 6.45) is 4.05. The van der Waals surface area contributed by atoms with Crippen molar-refractivity contribution in [3.8, 4) is 0 Å². The number of amides is 4. The highest BCUT2D eigenvalue weighted by Crippen LogP contribution is 2.39. The van der Waals surface area contributed by atoms with Crippen molar-refractivity contribution in [1.82, 2.24) is 4.90 Å². The predicted molar refractivity (Wildman–Crippen MR) is 257 cm³/mol. The maximum atomic E-state index is 15.4. The number of anilines is 3. The van der Waals surface area contributed by atoms with Crippen molar-refractivity contribution in [1.29, 1.82) is 0 Å². The number of thiophene rings is 1. The lowest BCUT2D eigenvalue weighted by atomic mass is 9.95. The third-order valence-corrected chi connectivity index (χ3v) is 14.2. The van der Waals surface area contributed by atoms with Crippen molar-refractivity contribution in [2.75, 3.05) is 35.2 Å². The molecule has 352 valence electrons. The van der Waals surface area contributed by atoms with Crippen LogP contribution in [0, 0.1) is 23.3 Å². The van der Waals surface area contributed by atoms with Crippen LogP contribution < -0.4 is 27.0 Å². The number of fused-ring (bicyclic) bond motifs is 1. The second-order valence-corrected chi connectivity index (χ2v) is 19.2. The van der Waals surface area contributed by atoms with Crippen LogP contribution >= 0.6 is 11.3 Å². The van der Waals surface area contributed by atoms with Gasteiger partial charge < -0.3 is 27.0 Å². The largest absolute Gasteiger partial charge is 0.368 e. The summed E-state index contributed by atoms with van der Waals surface area (Å²) < 4.78 is 61.7. The van der Waals surface area contributed by atoms with Gasteiger partial charge in [-0.1, -0.05) is 36.4 Å². The van der Waals surface area contributed by atoms with Crippen molar-refractivity contribution in [3.63, 3.8) is 0 Å². The Hall–Kier alpha value is -6.84. The van der Waals surface area contributed by atoms with Crippen LogP contribution in [-0.2, 0) is 45.1 Å². The average molecular weight is 945 g/mol. The van der Waals surface area contributed by atoms with Gasteiger partial charge in [0.1, 0.15) is 28.3 Å². The molecule has 6 N–H and O–H groups in total. The fourth-order valence-electron chi connectivity index (χ4n) is 9.13. The molecule has 0 saturated carbocycles. The van der Waals surface area contributed by atoms with Gasteiger partial charge in [0.05, 0.1) is 5.56 Å². The molecule has 5 aromatic carbocycles. The fraction of sp³-hybridized carbons (Fsp3) is 0.283. The Morgan fingerprint density at radius 2 is 1.19 bits per heavy atom. The molecule has 2 aliphatic rings. The molecule has 1 fully saturated rings. The van der Waals surface area contributed by atoms with Gasteiger partial charge in [-0.3, -0.25) is 24.1 Å². The second-order valence-electron chi connectivity index (χ2n) is 18.1. The first-order valence-corrected chi connectivity index (χ1v) is 23.4. The van der Waals surface area contributed by atoms with E-state index in [0.717, 1.165) is 58.5 Å². The molecule has 0 atom stereocenters. The first-order valence-electron chi connectivity index (χ1n) is 22.6. The Bertz CT molecular complexity index is 2860. The van der Waals surface area contributed by atoms with E-state index in [9.17, 15) is 19.2 Å². The highest BCUT2D eigenvalue weighted by molar-refractivity contribution is 7.17. The van der Waals surface area contributed by atoms with Crippen LogP contribution in [0.2, 0.25) is 0 Å². The molecule has 0 bridgehead atoms. The van der Waals surface area contributed by atoms with Crippen LogP contribution in [0.3, 0.4) is 0 Å². The number of primary amides is 2. The molecular formula is C53H52F4N6O4S. The lowest BCUT2D eigenvalue weighted by Gasteiger charge is -2.48. The maximum Gasteiger partial charge on any atom is 0.258 e. The maximum absolute atomic E-state index is 15.4. The number of carbonyl (C=O) groups excluding carboxylic acids is 4. The van der Waals surface area contributed by atoms with Gasteiger partial charge in [0.15, 0.2) is 0 Å². The molecule has 0 radical (unpaired) electrons. The molecule has 8 rings (SSSR count). The third-order valence-electron chi connectivity index (χ3n) is 13.0. The van der Waals surface area contributed by atoms with Crippen LogP contribution in [0.25, 0.3) is 0 Å². The smallest absolute Gasteiger partial charge is 0.258 e. The van der Waals surface area contributed by atoms with Crippen molar-refractivity contribution in [2.45, 2.75) is 77.3 Å². The number of halogens is 4. The van der Waals surface area contributed by atoms with Crippen LogP contribution in [0.5, 0.6) is 0 Å². The van der Waals surface area contributed by atoms with E-state index in [0.29, 0.717) is 72.8 Å². The number of carbonyl (C=O) groups is 4. The number of benzene rings is 5. The Morgan fingerprint density at radius 3 is 1.75 bits per heavy atom. The summed E-state index contributed by atoms with van der Waals surface area (Å²) in [7, 11) is 0. The van der Waals surface area contributed by atoms with E-state index in [1.807, 2.05) is 17.0 Å². The summed E-state index contributed by atoms with van der Waals surface area (Å²) in [5, 5.41) is 6.02. The van der Waals surface area contributed by atoms with Gasteiger partial charge in [0, 0.05) is 75.8 Å². The zero-order valence-electron chi connectivity index (χ0n) is 37.8. The van der Waals surface area contributed by atoms with E-state index in [2.05, 4.69) is 29.4 Å². The number of rotatable bonds is 15. The molecule has 4 amide bonds. The van der Waals surface area contributed by atoms with Gasteiger partial charge in [0.25, 0.3) is 11.8 Å². The summed E-state index contributed by atoms with van der Waals surface area (Å²) in [6.45, 7) is 6.23. The number of hydrogen-bond acceptors (Lipinski definition) is 7. The van der Waals surface area contributed by atoms with E-state index in [1.165, 1.54) is 23.5 Å². The van der Waals surface area contributed by atoms with Gasteiger partial charge in [-0.05, 0) is 148 Å². The van der Waals surface area contributed by atoms with Crippen molar-refractivity contribution >= 4 is 51.3 Å². The van der Waals surface area contributed by atoms with Crippen molar-refractivity contribution < 1.29 is 36.7 Å². The van der Waals surface area contributed by atoms with Crippen LogP contribution in [0.1, 0.15) is 106 Å². The molecule has 1 aliphatic carbocycles. The highest BCUT2D eigenvalue weighted by atomic mass is 32.1. The molecule has 6 aromatic rings. The summed E-state index contributed by atoms with van der Waals surface area (Å²) in [5.74, 6) is -4.95. The molecule has 0 spiro atoms. The molecule has 1 saturated heterocycles. The topological polar surface area (TPSA) is 151 Å². The summed E-state index contributed by atoms with van der Waals surface area (Å²) >= 11 is 1.34. The first kappa shape index (κ1) is 47.6. The van der Waals surface area contributed by atoms with Crippen LogP contribution in [-0.4, -0.2) is 53.7 Å². The van der Waals surface area contributed by atoms with Crippen LogP contribution in [0.4, 0.5) is 33.9 Å². The summed E-state index contributed by atoms with van der Waals surface area (Å²) in [4.78, 5) is 55.9. The standard InChI is InChI=1S/C53H52F4N6O4S/c1-53(2)30-62(38-27-44(56)40(45(57)28-38)21-15-32-12-18-35(19-13-32)49(59)65)22-23-63(53)29-33-6-5-7-36(24-33)50(66)61-52-47(41-8-3-4-9-46(41)68-52)51(67)60-37-25-42(54)39(43(55)26-37)20-14-31-10-16-34(17-11-31)48(58)64/h5-7,10-13,16-19,24-28H,3-4,8-9,14-15,20-23,29-30H2,1-2H3,(H2,58,64)(H2,59,65)(H,60,67)(H,61,66). The first-order chi connectivity index (χ1) is 32.5. The molecule has 2 heterocycles. The van der Waals surface area contributed by atoms with Crippen molar-refractivity contribution in [2.24, 2.45) is 11.5 Å². The molecule has 1 aromatic heterocycles. The van der Waals surface area contributed by atoms with E-state index < -0.39 is 52.4 Å². The lowest BCUT2D eigenvalue weighted by Crippen LogP contribution is -2.59. The third kappa shape index (κ3) is 10.8. The molecule has 68 heavy (non-hydrogen) atoms. The van der Waals surface area contributed by atoms with E-state index in [4.69, 9.17) is 11.5 Å². The zero-order valence-corrected chi connectivity index (χ0v) is 38.6. The minimum Gasteiger partial charge on any atom is -0.368 e. The highest BCUT2D eigenvalue weighted by Gasteiger charge is 2.35. The summed E-state index contributed by atoms with van der Waals surface area (Å²) in [6, 6.07) is 25.3. The second kappa shape index (κ2) is 20.2. The molecule has 15 heteroatoms. The number of hydrogen-bond donors (Lipinski definition) is 4. The number of nitrogens with zero attached hydrogens (tertiary/aromatic N) is 2. The van der Waals surface area contributed by atoms with Gasteiger partial charge in [0.2, 0.25) is 11.8 Å². The number of piperazine rings is 1. The van der Waals surface area contributed by atoms with Gasteiger partial charge in [-0.25, -0.2) is 17.6 Å². The molecule has 1 aliphatic heterocycles. The quantitative estimate of drug-likeness (QED) is 0.0754. The Morgan fingerprint density at radius 1 is 0.632 bits per heavy atom. The minimum atomic E-state index is -0.809. The minimum absolute atomic E-state index is 0.00315. The Kier molecular flexibility index (Phi) is 14.1. The normalized spacial score (nSPS) is 14.6. The number of aryl methyl sites for hydroxylation is 3. The number of nitrogens with one attached hydrogen (secondary N) is 2. The van der Waals surface area contributed by atoms with Crippen LogP contribution in [0.15, 0.2) is 97.1 Å². The Labute approximate surface area is 396 Å². The zero-order chi connectivity index (χ0) is 48.3. The van der Waals surface area contributed by atoms with Gasteiger partial charge >= 0.3 is 0 Å². The average Bonchev–Trinajstić information content (AvgIpc) is 3.67. The summed E-state index contributed by atoms with van der Waals surface area (Å²) in [5.41, 5.74) is 15.1.